The molecule has 0 bridgehead atoms. The lowest BCUT2D eigenvalue weighted by atomic mass is 10.4. The lowest BCUT2D eigenvalue weighted by molar-refractivity contribution is 0.495. The molecule has 6 nitrogen and oxygen atoms in total. The largest absolute Gasteiger partial charge is 0.418 e. The number of hydrogen-bond acceptors (Lipinski definition) is 6. The number of hydrogen-bond donors (Lipinski definition) is 1. The van der Waals surface area contributed by atoms with Crippen LogP contribution in [0.15, 0.2) is 51.1 Å². The Kier molecular flexibility index (Phi) is 4.25. The van der Waals surface area contributed by atoms with E-state index in [-0.39, 0.29) is 22.4 Å². The number of aromatic nitrogens is 2. The number of nitrogens with one attached hydrogen (secondary N) is 1. The number of benzene rings is 1. The molecule has 0 saturated carbocycles. The highest BCUT2D eigenvalue weighted by atomic mass is 35.5. The normalized spacial score (nSPS) is 11.7. The molecule has 0 unspecified atom stereocenters. The third-order valence-electron chi connectivity index (χ3n) is 2.74. The molecule has 3 rings (SSSR count). The van der Waals surface area contributed by atoms with Gasteiger partial charge in [-0.2, -0.15) is 0 Å². The predicted molar refractivity (Wildman–Crippen MR) is 83.1 cm³/mol. The van der Waals surface area contributed by atoms with E-state index in [1.165, 1.54) is 23.5 Å². The van der Waals surface area contributed by atoms with Crippen LogP contribution in [0.2, 0.25) is 5.02 Å². The zero-order valence-electron chi connectivity index (χ0n) is 11.1. The third-order valence-corrected chi connectivity index (χ3v) is 5.50. The van der Waals surface area contributed by atoms with E-state index in [0.29, 0.717) is 5.89 Å². The van der Waals surface area contributed by atoms with Crippen molar-refractivity contribution in [2.45, 2.75) is 11.4 Å². The number of thiophene rings is 1. The SMILES string of the molecule is O=S(=O)(NCc1nnc(-c2cccs2)o1)c1ccccc1Cl. The molecule has 0 atom stereocenters. The van der Waals surface area contributed by atoms with Crippen LogP contribution in [0.3, 0.4) is 0 Å². The third kappa shape index (κ3) is 3.20. The monoisotopic (exact) mass is 355 g/mol. The topological polar surface area (TPSA) is 85.1 Å². The number of nitrogens with zero attached hydrogens (tertiary/aromatic N) is 2. The molecule has 0 fully saturated rings. The molecule has 0 amide bonds. The van der Waals surface area contributed by atoms with E-state index in [2.05, 4.69) is 14.9 Å². The Hall–Kier alpha value is -1.74. The van der Waals surface area contributed by atoms with Crippen LogP contribution in [-0.2, 0) is 16.6 Å². The van der Waals surface area contributed by atoms with Gasteiger partial charge < -0.3 is 4.42 Å². The van der Waals surface area contributed by atoms with E-state index in [0.717, 1.165) is 4.88 Å². The van der Waals surface area contributed by atoms with E-state index < -0.39 is 10.0 Å². The van der Waals surface area contributed by atoms with Crippen molar-refractivity contribution in [3.63, 3.8) is 0 Å². The first-order valence-corrected chi connectivity index (χ1v) is 8.91. The minimum Gasteiger partial charge on any atom is -0.418 e. The molecule has 1 aromatic carbocycles. The Morgan fingerprint density at radius 1 is 1.18 bits per heavy atom. The van der Waals surface area contributed by atoms with Crippen molar-refractivity contribution in [1.82, 2.24) is 14.9 Å². The van der Waals surface area contributed by atoms with Crippen LogP contribution >= 0.6 is 22.9 Å². The zero-order chi connectivity index (χ0) is 15.6. The minimum absolute atomic E-state index is 0.00895. The summed E-state index contributed by atoms with van der Waals surface area (Å²) in [7, 11) is -3.74. The van der Waals surface area contributed by atoms with Crippen LogP contribution in [0.5, 0.6) is 0 Å². The van der Waals surface area contributed by atoms with Crippen LogP contribution in [0.25, 0.3) is 10.8 Å². The molecular weight excluding hydrogens is 346 g/mol. The molecule has 1 N–H and O–H groups in total. The van der Waals surface area contributed by atoms with Crippen LogP contribution in [0, 0.1) is 0 Å². The second-order valence-electron chi connectivity index (χ2n) is 4.23. The lowest BCUT2D eigenvalue weighted by Gasteiger charge is -2.06. The molecular formula is C13H10ClN3O3S2. The van der Waals surface area contributed by atoms with Crippen molar-refractivity contribution in [2.24, 2.45) is 0 Å². The average Bonchev–Trinajstić information content (AvgIpc) is 3.17. The molecule has 0 aliphatic rings. The summed E-state index contributed by atoms with van der Waals surface area (Å²) in [5.41, 5.74) is 0. The smallest absolute Gasteiger partial charge is 0.257 e. The highest BCUT2D eigenvalue weighted by Crippen LogP contribution is 2.23. The number of halogens is 1. The first-order valence-electron chi connectivity index (χ1n) is 6.17. The van der Waals surface area contributed by atoms with Gasteiger partial charge in [0.1, 0.15) is 4.90 Å². The second kappa shape index (κ2) is 6.17. The Morgan fingerprint density at radius 3 is 2.73 bits per heavy atom. The lowest BCUT2D eigenvalue weighted by Crippen LogP contribution is -2.23. The maximum atomic E-state index is 12.2. The van der Waals surface area contributed by atoms with Gasteiger partial charge in [0.2, 0.25) is 15.9 Å². The summed E-state index contributed by atoms with van der Waals surface area (Å²) < 4.78 is 32.2. The fourth-order valence-corrected chi connectivity index (χ4v) is 3.86. The number of rotatable bonds is 5. The van der Waals surface area contributed by atoms with Crippen molar-refractivity contribution in [3.8, 4) is 10.8 Å². The van der Waals surface area contributed by atoms with Gasteiger partial charge in [0.05, 0.1) is 16.4 Å². The van der Waals surface area contributed by atoms with Crippen molar-refractivity contribution < 1.29 is 12.8 Å². The number of sulfonamides is 1. The zero-order valence-corrected chi connectivity index (χ0v) is 13.5. The van der Waals surface area contributed by atoms with Gasteiger partial charge in [-0.05, 0) is 23.6 Å². The van der Waals surface area contributed by atoms with Crippen molar-refractivity contribution in [3.05, 3.63) is 52.7 Å². The molecule has 9 heteroatoms. The van der Waals surface area contributed by atoms with Gasteiger partial charge in [-0.1, -0.05) is 29.8 Å². The summed E-state index contributed by atoms with van der Waals surface area (Å²) >= 11 is 7.35. The molecule has 0 aliphatic heterocycles. The summed E-state index contributed by atoms with van der Waals surface area (Å²) in [6, 6.07) is 9.90. The Labute approximate surface area is 135 Å². The molecule has 2 aromatic heterocycles. The van der Waals surface area contributed by atoms with E-state index in [1.54, 1.807) is 12.1 Å². The highest BCUT2D eigenvalue weighted by molar-refractivity contribution is 7.89. The summed E-state index contributed by atoms with van der Waals surface area (Å²) in [6.07, 6.45) is 0. The summed E-state index contributed by atoms with van der Waals surface area (Å²) in [4.78, 5) is 0.836. The van der Waals surface area contributed by atoms with Gasteiger partial charge in [0.25, 0.3) is 5.89 Å². The molecule has 22 heavy (non-hydrogen) atoms. The van der Waals surface area contributed by atoms with Gasteiger partial charge >= 0.3 is 0 Å². The van der Waals surface area contributed by atoms with Crippen molar-refractivity contribution in [1.29, 1.82) is 0 Å². The van der Waals surface area contributed by atoms with Crippen LogP contribution in [0.1, 0.15) is 5.89 Å². The molecule has 0 aliphatic carbocycles. The molecule has 114 valence electrons. The van der Waals surface area contributed by atoms with Crippen molar-refractivity contribution >= 4 is 33.0 Å². The summed E-state index contributed by atoms with van der Waals surface area (Å²) in [5, 5.41) is 9.74. The van der Waals surface area contributed by atoms with Crippen LogP contribution in [0.4, 0.5) is 0 Å². The fourth-order valence-electron chi connectivity index (χ4n) is 1.72. The van der Waals surface area contributed by atoms with E-state index in [1.807, 2.05) is 17.5 Å². The van der Waals surface area contributed by atoms with Gasteiger partial charge in [0, 0.05) is 0 Å². The first-order chi connectivity index (χ1) is 10.6. The molecule has 0 saturated heterocycles. The summed E-state index contributed by atoms with van der Waals surface area (Å²) in [5.74, 6) is 0.543. The maximum absolute atomic E-state index is 12.2. The second-order valence-corrected chi connectivity index (χ2v) is 7.32. The molecule has 3 aromatic rings. The van der Waals surface area contributed by atoms with Crippen LogP contribution < -0.4 is 4.72 Å². The summed E-state index contributed by atoms with van der Waals surface area (Å²) in [6.45, 7) is -0.105. The average molecular weight is 356 g/mol. The molecule has 0 radical (unpaired) electrons. The standard InChI is InChI=1S/C13H10ClN3O3S2/c14-9-4-1-2-6-11(9)22(18,19)15-8-12-16-17-13(20-12)10-5-3-7-21-10/h1-7,15H,8H2. The van der Waals surface area contributed by atoms with E-state index in [9.17, 15) is 8.42 Å². The van der Waals surface area contributed by atoms with Crippen LogP contribution in [-0.4, -0.2) is 18.6 Å². The van der Waals surface area contributed by atoms with Gasteiger partial charge in [-0.15, -0.1) is 21.5 Å². The van der Waals surface area contributed by atoms with E-state index in [4.69, 9.17) is 16.0 Å². The van der Waals surface area contributed by atoms with Gasteiger partial charge in [0.15, 0.2) is 0 Å². The molecule has 2 heterocycles. The minimum atomic E-state index is -3.74. The quantitative estimate of drug-likeness (QED) is 0.760. The van der Waals surface area contributed by atoms with E-state index >= 15 is 0 Å². The maximum Gasteiger partial charge on any atom is 0.257 e. The van der Waals surface area contributed by atoms with Gasteiger partial charge in [-0.25, -0.2) is 13.1 Å². The molecule has 0 spiro atoms. The predicted octanol–water partition coefficient (Wildman–Crippen LogP) is 2.93. The Bertz CT molecular complexity index is 876. The first kappa shape index (κ1) is 15.2. The Balaban J connectivity index is 1.74. The van der Waals surface area contributed by atoms with Crippen molar-refractivity contribution in [2.75, 3.05) is 0 Å². The van der Waals surface area contributed by atoms with Gasteiger partial charge in [-0.3, -0.25) is 0 Å². The Morgan fingerprint density at radius 2 is 2.00 bits per heavy atom. The fraction of sp³-hybridized carbons (Fsp3) is 0.0769. The highest BCUT2D eigenvalue weighted by Gasteiger charge is 2.18.